The van der Waals surface area contributed by atoms with Crippen LogP contribution in [-0.2, 0) is 11.3 Å². The number of hydrogen-bond acceptors (Lipinski definition) is 3. The predicted molar refractivity (Wildman–Crippen MR) is 139 cm³/mol. The zero-order valence-electron chi connectivity index (χ0n) is 19.1. The minimum atomic E-state index is -0.112. The first kappa shape index (κ1) is 22.3. The van der Waals surface area contributed by atoms with Gasteiger partial charge in [0.15, 0.2) is 0 Å². The molecule has 1 atom stereocenters. The number of benzene rings is 4. The molecule has 0 N–H and O–H groups in total. The van der Waals surface area contributed by atoms with Crippen molar-refractivity contribution in [2.75, 3.05) is 13.6 Å². The third-order valence-electron chi connectivity index (χ3n) is 6.20. The van der Waals surface area contributed by atoms with Gasteiger partial charge in [-0.05, 0) is 52.7 Å². The summed E-state index contributed by atoms with van der Waals surface area (Å²) in [7, 11) is 1.95. The molecule has 1 aliphatic heterocycles. The van der Waals surface area contributed by atoms with Gasteiger partial charge < -0.3 is 0 Å². The van der Waals surface area contributed by atoms with Gasteiger partial charge in [0, 0.05) is 18.0 Å². The first-order chi connectivity index (χ1) is 16.6. The quantitative estimate of drug-likeness (QED) is 0.333. The van der Waals surface area contributed by atoms with E-state index >= 15 is 0 Å². The molecule has 0 aliphatic carbocycles. The number of fused-ring (bicyclic) bond motifs is 1. The minimum absolute atomic E-state index is 0.0129. The summed E-state index contributed by atoms with van der Waals surface area (Å²) >= 11 is 6.00. The van der Waals surface area contributed by atoms with Crippen LogP contribution in [0.5, 0.6) is 0 Å². The van der Waals surface area contributed by atoms with Gasteiger partial charge in [-0.1, -0.05) is 90.5 Å². The molecule has 0 saturated heterocycles. The number of hydrazone groups is 1. The summed E-state index contributed by atoms with van der Waals surface area (Å²) in [6.45, 7) is 0.939. The van der Waals surface area contributed by atoms with E-state index < -0.39 is 0 Å². The van der Waals surface area contributed by atoms with Crippen LogP contribution in [0.4, 0.5) is 0 Å². The molecule has 4 aromatic rings. The van der Waals surface area contributed by atoms with Crippen molar-refractivity contribution in [1.29, 1.82) is 0 Å². The Kier molecular flexibility index (Phi) is 6.43. The molecule has 0 unspecified atom stereocenters. The van der Waals surface area contributed by atoms with Gasteiger partial charge in [-0.25, -0.2) is 5.01 Å². The Balaban J connectivity index is 1.39. The Hall–Kier alpha value is -3.47. The molecule has 1 heterocycles. The van der Waals surface area contributed by atoms with Gasteiger partial charge in [-0.15, -0.1) is 0 Å². The molecule has 1 amide bonds. The van der Waals surface area contributed by atoms with Gasteiger partial charge in [0.1, 0.15) is 0 Å². The van der Waals surface area contributed by atoms with Crippen molar-refractivity contribution in [3.8, 4) is 0 Å². The van der Waals surface area contributed by atoms with Crippen molar-refractivity contribution in [2.24, 2.45) is 5.10 Å². The molecule has 0 fully saturated rings. The summed E-state index contributed by atoms with van der Waals surface area (Å²) in [6.07, 6.45) is 0.689. The molecule has 0 spiro atoms. The Bertz CT molecular complexity index is 1330. The van der Waals surface area contributed by atoms with Gasteiger partial charge in [0.2, 0.25) is 0 Å². The van der Waals surface area contributed by atoms with E-state index in [4.69, 9.17) is 16.7 Å². The highest BCUT2D eigenvalue weighted by atomic mass is 35.5. The molecule has 4 nitrogen and oxygen atoms in total. The van der Waals surface area contributed by atoms with E-state index in [1.807, 2.05) is 66.5 Å². The van der Waals surface area contributed by atoms with Gasteiger partial charge in [0.05, 0.1) is 18.3 Å². The average molecular weight is 468 g/mol. The highest BCUT2D eigenvalue weighted by Gasteiger charge is 2.33. The number of hydrogen-bond donors (Lipinski definition) is 0. The van der Waals surface area contributed by atoms with Crippen molar-refractivity contribution in [3.05, 3.63) is 119 Å². The normalized spacial score (nSPS) is 15.7. The number of rotatable bonds is 6. The third kappa shape index (κ3) is 4.89. The Morgan fingerprint density at radius 2 is 1.65 bits per heavy atom. The van der Waals surface area contributed by atoms with E-state index in [2.05, 4.69) is 42.5 Å². The van der Waals surface area contributed by atoms with Crippen LogP contribution in [-0.4, -0.2) is 35.1 Å². The van der Waals surface area contributed by atoms with Gasteiger partial charge in [0.25, 0.3) is 5.91 Å². The van der Waals surface area contributed by atoms with E-state index in [0.717, 1.165) is 22.4 Å². The molecular formula is C29H26ClN3O. The lowest BCUT2D eigenvalue weighted by atomic mass is 9.97. The second kappa shape index (κ2) is 9.80. The molecular weight excluding hydrogens is 442 g/mol. The summed E-state index contributed by atoms with van der Waals surface area (Å²) in [6, 6.07) is 32.5. The fraction of sp³-hybridized carbons (Fsp3) is 0.172. The lowest BCUT2D eigenvalue weighted by Gasteiger charge is -2.25. The molecule has 0 bridgehead atoms. The second-order valence-electron chi connectivity index (χ2n) is 8.78. The molecule has 0 radical (unpaired) electrons. The number of likely N-dealkylation sites (N-methyl/N-ethyl adjacent to an activating group) is 1. The Morgan fingerprint density at radius 1 is 0.941 bits per heavy atom. The van der Waals surface area contributed by atoms with Crippen LogP contribution in [0.3, 0.4) is 0 Å². The maximum Gasteiger partial charge on any atom is 0.257 e. The molecule has 5 rings (SSSR count). The van der Waals surface area contributed by atoms with Crippen LogP contribution in [0.15, 0.2) is 102 Å². The van der Waals surface area contributed by atoms with Crippen LogP contribution in [0.2, 0.25) is 5.02 Å². The summed E-state index contributed by atoms with van der Waals surface area (Å²) in [5, 5.41) is 9.61. The molecule has 0 saturated carbocycles. The van der Waals surface area contributed by atoms with E-state index in [9.17, 15) is 4.79 Å². The van der Waals surface area contributed by atoms with Crippen molar-refractivity contribution in [1.82, 2.24) is 9.91 Å². The Morgan fingerprint density at radius 3 is 2.41 bits per heavy atom. The van der Waals surface area contributed by atoms with Crippen molar-refractivity contribution in [3.63, 3.8) is 0 Å². The first-order valence-electron chi connectivity index (χ1n) is 11.4. The summed E-state index contributed by atoms with van der Waals surface area (Å²) in [5.41, 5.74) is 4.20. The van der Waals surface area contributed by atoms with Gasteiger partial charge in [-0.2, -0.15) is 5.10 Å². The van der Waals surface area contributed by atoms with E-state index in [1.165, 1.54) is 10.8 Å². The van der Waals surface area contributed by atoms with Crippen molar-refractivity contribution >= 4 is 34.0 Å². The number of carbonyl (C=O) groups is 1. The third-order valence-corrected chi connectivity index (χ3v) is 6.46. The highest BCUT2D eigenvalue weighted by Crippen LogP contribution is 2.33. The predicted octanol–water partition coefficient (Wildman–Crippen LogP) is 6.30. The van der Waals surface area contributed by atoms with Crippen LogP contribution in [0, 0.1) is 0 Å². The summed E-state index contributed by atoms with van der Waals surface area (Å²) < 4.78 is 0. The molecule has 4 aromatic carbocycles. The SMILES string of the molecule is CN(CC(=O)N1N=C(c2ccc3ccccc3c2)C[C@@H]1c1ccccc1)Cc1ccc(Cl)cc1. The number of halogens is 1. The Labute approximate surface area is 205 Å². The zero-order chi connectivity index (χ0) is 23.5. The number of carbonyl (C=O) groups excluding carboxylic acids is 1. The van der Waals surface area contributed by atoms with Gasteiger partial charge >= 0.3 is 0 Å². The maximum absolute atomic E-state index is 13.4. The van der Waals surface area contributed by atoms with Crippen LogP contribution in [0.1, 0.15) is 29.2 Å². The molecule has 170 valence electrons. The topological polar surface area (TPSA) is 35.9 Å². The number of nitrogens with zero attached hydrogens (tertiary/aromatic N) is 3. The molecule has 5 heteroatoms. The molecule has 1 aliphatic rings. The highest BCUT2D eigenvalue weighted by molar-refractivity contribution is 6.30. The minimum Gasteiger partial charge on any atom is -0.293 e. The van der Waals surface area contributed by atoms with Crippen molar-refractivity contribution < 1.29 is 4.79 Å². The largest absolute Gasteiger partial charge is 0.293 e. The zero-order valence-corrected chi connectivity index (χ0v) is 19.8. The lowest BCUT2D eigenvalue weighted by Crippen LogP contribution is -2.36. The second-order valence-corrected chi connectivity index (χ2v) is 9.21. The summed E-state index contributed by atoms with van der Waals surface area (Å²) in [4.78, 5) is 15.4. The van der Waals surface area contributed by atoms with Crippen LogP contribution < -0.4 is 0 Å². The molecule has 0 aromatic heterocycles. The fourth-order valence-corrected chi connectivity index (χ4v) is 4.61. The first-order valence-corrected chi connectivity index (χ1v) is 11.8. The average Bonchev–Trinajstić information content (AvgIpc) is 3.31. The number of amides is 1. The maximum atomic E-state index is 13.4. The van der Waals surface area contributed by atoms with E-state index in [1.54, 1.807) is 5.01 Å². The van der Waals surface area contributed by atoms with Gasteiger partial charge in [-0.3, -0.25) is 9.69 Å². The fourth-order valence-electron chi connectivity index (χ4n) is 4.48. The van der Waals surface area contributed by atoms with Crippen molar-refractivity contribution in [2.45, 2.75) is 19.0 Å². The molecule has 34 heavy (non-hydrogen) atoms. The van der Waals surface area contributed by atoms with E-state index in [0.29, 0.717) is 18.0 Å². The lowest BCUT2D eigenvalue weighted by molar-refractivity contribution is -0.134. The van der Waals surface area contributed by atoms with Crippen LogP contribution in [0.25, 0.3) is 10.8 Å². The summed E-state index contributed by atoms with van der Waals surface area (Å²) in [5.74, 6) is -0.0129. The standard InChI is InChI=1S/C29H26ClN3O/c1-32(19-21-11-15-26(30)16-12-21)20-29(34)33-28(23-8-3-2-4-9-23)18-27(31-33)25-14-13-22-7-5-6-10-24(22)17-25/h2-17,28H,18-20H2,1H3/t28-/m1/s1. The monoisotopic (exact) mass is 467 g/mol. The smallest absolute Gasteiger partial charge is 0.257 e. The van der Waals surface area contributed by atoms with E-state index in [-0.39, 0.29) is 18.5 Å². The van der Waals surface area contributed by atoms with Crippen LogP contribution >= 0.6 is 11.6 Å².